The number of halogens is 2. The normalized spacial score (nSPS) is 18.8. The minimum Gasteiger partial charge on any atom is -0.390 e. The van der Waals surface area contributed by atoms with Crippen molar-refractivity contribution in [2.24, 2.45) is 0 Å². The number of piperidine rings is 1. The third kappa shape index (κ3) is 2.79. The van der Waals surface area contributed by atoms with Crippen molar-refractivity contribution in [3.05, 3.63) is 33.8 Å². The van der Waals surface area contributed by atoms with Crippen LogP contribution in [0.1, 0.15) is 30.1 Å². The molecular weight excluding hydrogens is 273 g/mol. The van der Waals surface area contributed by atoms with Crippen LogP contribution < -0.4 is 0 Å². The lowest BCUT2D eigenvalue weighted by molar-refractivity contribution is -0.00200. The number of rotatable bonds is 1. The molecule has 0 atom stereocenters. The maximum Gasteiger partial charge on any atom is 0.256 e. The molecule has 1 N–H and O–H groups in total. The van der Waals surface area contributed by atoms with Gasteiger partial charge in [-0.25, -0.2) is 0 Å². The Morgan fingerprint density at radius 3 is 2.28 bits per heavy atom. The Balaban J connectivity index is 2.18. The minimum absolute atomic E-state index is 0.166. The van der Waals surface area contributed by atoms with Crippen molar-refractivity contribution in [1.82, 2.24) is 4.90 Å². The number of amides is 1. The average Bonchev–Trinajstić information content (AvgIpc) is 2.28. The highest BCUT2D eigenvalue weighted by Gasteiger charge is 2.31. The predicted molar refractivity (Wildman–Crippen MR) is 72.2 cm³/mol. The van der Waals surface area contributed by atoms with E-state index in [1.165, 1.54) is 0 Å². The van der Waals surface area contributed by atoms with Crippen LogP contribution in [0.5, 0.6) is 0 Å². The maximum absolute atomic E-state index is 12.3. The van der Waals surface area contributed by atoms with Crippen LogP contribution in [-0.2, 0) is 0 Å². The van der Waals surface area contributed by atoms with Gasteiger partial charge in [-0.3, -0.25) is 4.79 Å². The van der Waals surface area contributed by atoms with Crippen molar-refractivity contribution in [1.29, 1.82) is 0 Å². The van der Waals surface area contributed by atoms with Crippen molar-refractivity contribution in [3.63, 3.8) is 0 Å². The fourth-order valence-electron chi connectivity index (χ4n) is 2.05. The van der Waals surface area contributed by atoms with E-state index in [1.807, 2.05) is 0 Å². The zero-order valence-electron chi connectivity index (χ0n) is 10.1. The van der Waals surface area contributed by atoms with Gasteiger partial charge in [0, 0.05) is 13.1 Å². The van der Waals surface area contributed by atoms with Crippen LogP contribution in [0.3, 0.4) is 0 Å². The number of likely N-dealkylation sites (tertiary alicyclic amines) is 1. The van der Waals surface area contributed by atoms with Crippen LogP contribution in [0.2, 0.25) is 10.0 Å². The van der Waals surface area contributed by atoms with Crippen molar-refractivity contribution in [3.8, 4) is 0 Å². The molecule has 0 radical (unpaired) electrons. The summed E-state index contributed by atoms with van der Waals surface area (Å²) in [6.45, 7) is 2.83. The van der Waals surface area contributed by atoms with E-state index in [2.05, 4.69) is 0 Å². The molecule has 5 heteroatoms. The fourth-order valence-corrected chi connectivity index (χ4v) is 2.61. The number of carbonyl (C=O) groups is 1. The summed E-state index contributed by atoms with van der Waals surface area (Å²) >= 11 is 12.0. The van der Waals surface area contributed by atoms with Crippen molar-refractivity contribution < 1.29 is 9.90 Å². The first-order chi connectivity index (χ1) is 8.41. The van der Waals surface area contributed by atoms with Gasteiger partial charge in [-0.1, -0.05) is 29.3 Å². The van der Waals surface area contributed by atoms with Crippen molar-refractivity contribution in [2.75, 3.05) is 13.1 Å². The molecule has 2 rings (SSSR count). The lowest BCUT2D eigenvalue weighted by atomic mass is 9.93. The first kappa shape index (κ1) is 13.7. The van der Waals surface area contributed by atoms with Crippen molar-refractivity contribution >= 4 is 29.1 Å². The fraction of sp³-hybridized carbons (Fsp3) is 0.462. The third-order valence-electron chi connectivity index (χ3n) is 3.30. The van der Waals surface area contributed by atoms with E-state index in [1.54, 1.807) is 30.0 Å². The smallest absolute Gasteiger partial charge is 0.256 e. The molecule has 3 nitrogen and oxygen atoms in total. The van der Waals surface area contributed by atoms with E-state index < -0.39 is 5.60 Å². The summed E-state index contributed by atoms with van der Waals surface area (Å²) in [5.41, 5.74) is -0.330. The SMILES string of the molecule is CC1(O)CCN(C(=O)c2c(Cl)cccc2Cl)CC1. The van der Waals surface area contributed by atoms with Gasteiger partial charge in [-0.05, 0) is 31.9 Å². The molecule has 0 aromatic heterocycles. The average molecular weight is 288 g/mol. The molecule has 0 bridgehead atoms. The number of aliphatic hydroxyl groups is 1. The third-order valence-corrected chi connectivity index (χ3v) is 3.93. The van der Waals surface area contributed by atoms with Crippen LogP contribution >= 0.6 is 23.2 Å². The van der Waals surface area contributed by atoms with Crippen LogP contribution in [-0.4, -0.2) is 34.6 Å². The summed E-state index contributed by atoms with van der Waals surface area (Å²) in [4.78, 5) is 14.0. The molecule has 1 aliphatic rings. The summed E-state index contributed by atoms with van der Waals surface area (Å²) in [6, 6.07) is 5.02. The van der Waals surface area contributed by atoms with E-state index >= 15 is 0 Å². The van der Waals surface area contributed by atoms with Crippen LogP contribution in [0.25, 0.3) is 0 Å². The summed E-state index contributed by atoms with van der Waals surface area (Å²) < 4.78 is 0. The predicted octanol–water partition coefficient (Wildman–Crippen LogP) is 2.98. The molecule has 1 aromatic carbocycles. The zero-order chi connectivity index (χ0) is 13.3. The lowest BCUT2D eigenvalue weighted by Crippen LogP contribution is -2.45. The number of hydrogen-bond acceptors (Lipinski definition) is 2. The Morgan fingerprint density at radius 2 is 1.78 bits per heavy atom. The maximum atomic E-state index is 12.3. The second-order valence-corrected chi connectivity index (χ2v) is 5.70. The molecule has 1 amide bonds. The van der Waals surface area contributed by atoms with Gasteiger partial charge in [0.2, 0.25) is 0 Å². The second-order valence-electron chi connectivity index (χ2n) is 4.89. The summed E-state index contributed by atoms with van der Waals surface area (Å²) in [7, 11) is 0. The number of carbonyl (C=O) groups excluding carboxylic acids is 1. The highest BCUT2D eigenvalue weighted by atomic mass is 35.5. The molecule has 0 spiro atoms. The Hall–Kier alpha value is -0.770. The topological polar surface area (TPSA) is 40.5 Å². The lowest BCUT2D eigenvalue weighted by Gasteiger charge is -2.36. The zero-order valence-corrected chi connectivity index (χ0v) is 11.6. The standard InChI is InChI=1S/C13H15Cl2NO2/c1-13(18)5-7-16(8-6-13)12(17)11-9(14)3-2-4-10(11)15/h2-4,18H,5-8H2,1H3. The number of hydrogen-bond donors (Lipinski definition) is 1. The minimum atomic E-state index is -0.680. The molecular formula is C13H15Cl2NO2. The highest BCUT2D eigenvalue weighted by molar-refractivity contribution is 6.39. The first-order valence-electron chi connectivity index (χ1n) is 5.86. The van der Waals surface area contributed by atoms with E-state index in [0.29, 0.717) is 41.5 Å². The molecule has 0 aliphatic carbocycles. The molecule has 1 aliphatic heterocycles. The molecule has 1 fully saturated rings. The Kier molecular flexibility index (Phi) is 3.85. The Labute approximate surface area is 116 Å². The summed E-state index contributed by atoms with van der Waals surface area (Å²) in [5.74, 6) is -0.166. The molecule has 0 saturated carbocycles. The van der Waals surface area contributed by atoms with E-state index in [-0.39, 0.29) is 5.91 Å². The quantitative estimate of drug-likeness (QED) is 0.863. The molecule has 1 heterocycles. The van der Waals surface area contributed by atoms with Gasteiger partial charge in [0.25, 0.3) is 5.91 Å². The Morgan fingerprint density at radius 1 is 1.28 bits per heavy atom. The van der Waals surface area contributed by atoms with Crippen LogP contribution in [0.15, 0.2) is 18.2 Å². The number of benzene rings is 1. The monoisotopic (exact) mass is 287 g/mol. The molecule has 98 valence electrons. The van der Waals surface area contributed by atoms with Crippen molar-refractivity contribution in [2.45, 2.75) is 25.4 Å². The molecule has 1 saturated heterocycles. The van der Waals surface area contributed by atoms with E-state index in [4.69, 9.17) is 23.2 Å². The van der Waals surface area contributed by atoms with Gasteiger partial charge >= 0.3 is 0 Å². The first-order valence-corrected chi connectivity index (χ1v) is 6.62. The molecule has 0 unspecified atom stereocenters. The van der Waals surface area contributed by atoms with Gasteiger partial charge in [-0.15, -0.1) is 0 Å². The van der Waals surface area contributed by atoms with Gasteiger partial charge < -0.3 is 10.0 Å². The van der Waals surface area contributed by atoms with Gasteiger partial charge in [0.05, 0.1) is 21.2 Å². The second kappa shape index (κ2) is 5.08. The van der Waals surface area contributed by atoms with Gasteiger partial charge in [-0.2, -0.15) is 0 Å². The summed E-state index contributed by atoms with van der Waals surface area (Å²) in [6.07, 6.45) is 1.14. The number of nitrogens with zero attached hydrogens (tertiary/aromatic N) is 1. The van der Waals surface area contributed by atoms with Gasteiger partial charge in [0.1, 0.15) is 0 Å². The Bertz CT molecular complexity index is 444. The summed E-state index contributed by atoms with van der Waals surface area (Å²) in [5, 5.41) is 10.6. The van der Waals surface area contributed by atoms with E-state index in [9.17, 15) is 9.90 Å². The largest absolute Gasteiger partial charge is 0.390 e. The highest BCUT2D eigenvalue weighted by Crippen LogP contribution is 2.28. The molecule has 1 aromatic rings. The molecule has 18 heavy (non-hydrogen) atoms. The van der Waals surface area contributed by atoms with Gasteiger partial charge in [0.15, 0.2) is 0 Å². The van der Waals surface area contributed by atoms with Crippen LogP contribution in [0.4, 0.5) is 0 Å². The van der Waals surface area contributed by atoms with Crippen LogP contribution in [0, 0.1) is 0 Å². The van der Waals surface area contributed by atoms with E-state index in [0.717, 1.165) is 0 Å².